The third-order valence-corrected chi connectivity index (χ3v) is 6.05. The van der Waals surface area contributed by atoms with Gasteiger partial charge in [0.2, 0.25) is 5.91 Å². The zero-order valence-corrected chi connectivity index (χ0v) is 18.2. The summed E-state index contributed by atoms with van der Waals surface area (Å²) >= 11 is 0. The number of hydrogen-bond donors (Lipinski definition) is 1. The molecule has 1 aromatic heterocycles. The SMILES string of the molecule is Cc1cc(C)n(C[C@H](C)C(=O)N2CCC(C(=O)c3ccc4c(c3)NC(=O)CO4)CC2)n1. The van der Waals surface area contributed by atoms with E-state index in [0.717, 1.165) is 11.4 Å². The lowest BCUT2D eigenvalue weighted by atomic mass is 9.88. The number of aromatic nitrogens is 2. The van der Waals surface area contributed by atoms with Crippen LogP contribution in [0.5, 0.6) is 5.75 Å². The summed E-state index contributed by atoms with van der Waals surface area (Å²) in [4.78, 5) is 39.3. The molecule has 2 aliphatic rings. The molecule has 2 aliphatic heterocycles. The van der Waals surface area contributed by atoms with Crippen LogP contribution in [0, 0.1) is 25.7 Å². The summed E-state index contributed by atoms with van der Waals surface area (Å²) in [6.45, 7) is 7.56. The molecule has 164 valence electrons. The molecule has 0 unspecified atom stereocenters. The Hall–Kier alpha value is -3.16. The van der Waals surface area contributed by atoms with Crippen molar-refractivity contribution in [3.8, 4) is 5.75 Å². The maximum absolute atomic E-state index is 13.0. The average molecular weight is 425 g/mol. The molecule has 31 heavy (non-hydrogen) atoms. The quantitative estimate of drug-likeness (QED) is 0.745. The smallest absolute Gasteiger partial charge is 0.262 e. The van der Waals surface area contributed by atoms with E-state index in [9.17, 15) is 14.4 Å². The van der Waals surface area contributed by atoms with Crippen molar-refractivity contribution in [1.82, 2.24) is 14.7 Å². The van der Waals surface area contributed by atoms with Crippen molar-refractivity contribution >= 4 is 23.3 Å². The highest BCUT2D eigenvalue weighted by Crippen LogP contribution is 2.31. The number of likely N-dealkylation sites (tertiary alicyclic amines) is 1. The molecule has 1 atom stereocenters. The van der Waals surface area contributed by atoms with Crippen molar-refractivity contribution in [2.24, 2.45) is 11.8 Å². The van der Waals surface area contributed by atoms with Crippen LogP contribution >= 0.6 is 0 Å². The van der Waals surface area contributed by atoms with Crippen molar-refractivity contribution in [3.05, 3.63) is 41.2 Å². The second-order valence-corrected chi connectivity index (χ2v) is 8.52. The van der Waals surface area contributed by atoms with Gasteiger partial charge in [-0.05, 0) is 51.0 Å². The number of ketones is 1. The van der Waals surface area contributed by atoms with Crippen LogP contribution in [0.25, 0.3) is 0 Å². The molecule has 1 saturated heterocycles. The maximum Gasteiger partial charge on any atom is 0.262 e. The summed E-state index contributed by atoms with van der Waals surface area (Å²) in [7, 11) is 0. The number of carbonyl (C=O) groups excluding carboxylic acids is 3. The lowest BCUT2D eigenvalue weighted by Gasteiger charge is -2.33. The Morgan fingerprint density at radius 3 is 2.65 bits per heavy atom. The van der Waals surface area contributed by atoms with E-state index in [4.69, 9.17) is 4.74 Å². The molecule has 1 fully saturated rings. The van der Waals surface area contributed by atoms with Gasteiger partial charge in [0.15, 0.2) is 12.4 Å². The predicted molar refractivity (Wildman–Crippen MR) is 115 cm³/mol. The number of hydrogen-bond acceptors (Lipinski definition) is 5. The Labute approximate surface area is 181 Å². The summed E-state index contributed by atoms with van der Waals surface area (Å²) in [6.07, 6.45) is 1.27. The normalized spacial score (nSPS) is 17.5. The number of amides is 2. The zero-order chi connectivity index (χ0) is 22.1. The van der Waals surface area contributed by atoms with E-state index in [1.54, 1.807) is 18.2 Å². The van der Waals surface area contributed by atoms with E-state index in [1.165, 1.54) is 0 Å². The molecule has 8 nitrogen and oxygen atoms in total. The fourth-order valence-electron chi connectivity index (χ4n) is 4.34. The first-order valence-corrected chi connectivity index (χ1v) is 10.7. The van der Waals surface area contributed by atoms with Crippen LogP contribution < -0.4 is 10.1 Å². The largest absolute Gasteiger partial charge is 0.482 e. The second kappa shape index (κ2) is 8.53. The lowest BCUT2D eigenvalue weighted by molar-refractivity contribution is -0.136. The minimum absolute atomic E-state index is 0.00915. The van der Waals surface area contributed by atoms with Gasteiger partial charge in [-0.25, -0.2) is 0 Å². The number of ether oxygens (including phenoxy) is 1. The molecule has 1 N–H and O–H groups in total. The Kier molecular flexibility index (Phi) is 5.80. The van der Waals surface area contributed by atoms with Gasteiger partial charge in [-0.1, -0.05) is 6.92 Å². The molecule has 3 heterocycles. The molecule has 0 spiro atoms. The minimum atomic E-state index is -0.224. The number of rotatable bonds is 5. The molecule has 0 bridgehead atoms. The van der Waals surface area contributed by atoms with Crippen molar-refractivity contribution in [3.63, 3.8) is 0 Å². The molecular formula is C23H28N4O4. The van der Waals surface area contributed by atoms with Crippen LogP contribution in [0.1, 0.15) is 41.5 Å². The van der Waals surface area contributed by atoms with Crippen molar-refractivity contribution in [2.45, 2.75) is 40.2 Å². The monoisotopic (exact) mass is 424 g/mol. The number of nitrogens with zero attached hydrogens (tertiary/aromatic N) is 3. The average Bonchev–Trinajstić information content (AvgIpc) is 3.08. The molecule has 0 saturated carbocycles. The first kappa shape index (κ1) is 21.1. The predicted octanol–water partition coefficient (Wildman–Crippen LogP) is 2.59. The van der Waals surface area contributed by atoms with Crippen LogP contribution in [0.3, 0.4) is 0 Å². The van der Waals surface area contributed by atoms with Crippen LogP contribution in [0.15, 0.2) is 24.3 Å². The highest BCUT2D eigenvalue weighted by atomic mass is 16.5. The summed E-state index contributed by atoms with van der Waals surface area (Å²) < 4.78 is 7.24. The number of benzene rings is 1. The number of nitrogens with one attached hydrogen (secondary N) is 1. The van der Waals surface area contributed by atoms with Gasteiger partial charge in [0.1, 0.15) is 5.75 Å². The Morgan fingerprint density at radius 1 is 1.23 bits per heavy atom. The van der Waals surface area contributed by atoms with Crippen LogP contribution in [0.2, 0.25) is 0 Å². The Balaban J connectivity index is 1.34. The zero-order valence-electron chi connectivity index (χ0n) is 18.2. The number of carbonyl (C=O) groups is 3. The van der Waals surface area contributed by atoms with Gasteiger partial charge in [0.05, 0.1) is 23.8 Å². The Bertz CT molecular complexity index is 1020. The van der Waals surface area contributed by atoms with Crippen LogP contribution in [0.4, 0.5) is 5.69 Å². The van der Waals surface area contributed by atoms with E-state index in [1.807, 2.05) is 36.4 Å². The minimum Gasteiger partial charge on any atom is -0.482 e. The molecule has 0 aliphatic carbocycles. The second-order valence-electron chi connectivity index (χ2n) is 8.52. The summed E-state index contributed by atoms with van der Waals surface area (Å²) in [5.41, 5.74) is 3.10. The van der Waals surface area contributed by atoms with E-state index in [2.05, 4.69) is 10.4 Å². The first-order valence-electron chi connectivity index (χ1n) is 10.7. The highest BCUT2D eigenvalue weighted by Gasteiger charge is 2.30. The highest BCUT2D eigenvalue weighted by molar-refractivity contribution is 6.01. The lowest BCUT2D eigenvalue weighted by Crippen LogP contribution is -2.43. The molecule has 4 rings (SSSR count). The fourth-order valence-corrected chi connectivity index (χ4v) is 4.34. The third kappa shape index (κ3) is 4.47. The van der Waals surface area contributed by atoms with E-state index >= 15 is 0 Å². The van der Waals surface area contributed by atoms with Crippen LogP contribution in [-0.2, 0) is 16.1 Å². The van der Waals surface area contributed by atoms with Crippen LogP contribution in [-0.4, -0.2) is 52.0 Å². The summed E-state index contributed by atoms with van der Waals surface area (Å²) in [5, 5.41) is 7.19. The molecule has 8 heteroatoms. The molecule has 1 aromatic carbocycles. The van der Waals surface area contributed by atoms with Gasteiger partial charge in [0, 0.05) is 30.3 Å². The summed E-state index contributed by atoms with van der Waals surface area (Å²) in [6, 6.07) is 7.16. The fraction of sp³-hybridized carbons (Fsp3) is 0.478. The van der Waals surface area contributed by atoms with E-state index < -0.39 is 0 Å². The maximum atomic E-state index is 13.0. The van der Waals surface area contributed by atoms with Gasteiger partial charge in [0.25, 0.3) is 5.91 Å². The molecule has 2 aromatic rings. The third-order valence-electron chi connectivity index (χ3n) is 6.05. The summed E-state index contributed by atoms with van der Waals surface area (Å²) in [5.74, 6) is 0.201. The van der Waals surface area contributed by atoms with Crippen molar-refractivity contribution in [1.29, 1.82) is 0 Å². The number of anilines is 1. The number of piperidine rings is 1. The molecule has 0 radical (unpaired) electrons. The van der Waals surface area contributed by atoms with Gasteiger partial charge in [-0.2, -0.15) is 5.10 Å². The molecular weight excluding hydrogens is 396 g/mol. The number of aryl methyl sites for hydroxylation is 2. The number of Topliss-reactive ketones (excluding diaryl/α,β-unsaturated/α-hetero) is 1. The number of fused-ring (bicyclic) bond motifs is 1. The first-order chi connectivity index (χ1) is 14.8. The van der Waals surface area contributed by atoms with E-state index in [0.29, 0.717) is 49.5 Å². The topological polar surface area (TPSA) is 93.5 Å². The van der Waals surface area contributed by atoms with Crippen molar-refractivity contribution in [2.75, 3.05) is 25.0 Å². The van der Waals surface area contributed by atoms with E-state index in [-0.39, 0.29) is 36.0 Å². The van der Waals surface area contributed by atoms with Gasteiger partial charge in [-0.3, -0.25) is 19.1 Å². The standard InChI is InChI=1S/C23H28N4O4/c1-14(12-27-16(3)10-15(2)25-27)23(30)26-8-6-17(7-9-26)22(29)18-4-5-20-19(11-18)24-21(28)13-31-20/h4-5,10-11,14,17H,6-9,12-13H2,1-3H3,(H,24,28)/t14-/m0/s1. The Morgan fingerprint density at radius 2 is 1.97 bits per heavy atom. The van der Waals surface area contributed by atoms with Gasteiger partial charge >= 0.3 is 0 Å². The van der Waals surface area contributed by atoms with Crippen molar-refractivity contribution < 1.29 is 19.1 Å². The van der Waals surface area contributed by atoms with Gasteiger partial charge < -0.3 is 15.0 Å². The molecule has 2 amide bonds. The van der Waals surface area contributed by atoms with Gasteiger partial charge in [-0.15, -0.1) is 0 Å².